The number of ether oxygens (including phenoxy) is 3. The van der Waals surface area contributed by atoms with Crippen LogP contribution in [-0.4, -0.2) is 31.3 Å². The van der Waals surface area contributed by atoms with Crippen molar-refractivity contribution in [2.75, 3.05) is 14.2 Å². The number of allylic oxidation sites excluding steroid dienone is 2. The summed E-state index contributed by atoms with van der Waals surface area (Å²) in [6.07, 6.45) is 5.77. The number of carbonyl (C=O) groups is 2. The van der Waals surface area contributed by atoms with E-state index in [2.05, 4.69) is 0 Å². The predicted molar refractivity (Wildman–Crippen MR) is 94.3 cm³/mol. The smallest absolute Gasteiger partial charge is 0.342 e. The van der Waals surface area contributed by atoms with Gasteiger partial charge in [-0.25, -0.2) is 4.79 Å². The lowest BCUT2D eigenvalue weighted by Gasteiger charge is -2.16. The molecule has 1 atom stereocenters. The quantitative estimate of drug-likeness (QED) is 0.641. The fourth-order valence-corrected chi connectivity index (χ4v) is 3.99. The minimum absolute atomic E-state index is 0.0654. The Kier molecular flexibility index (Phi) is 5.20. The van der Waals surface area contributed by atoms with Gasteiger partial charge >= 0.3 is 11.9 Å². The maximum Gasteiger partial charge on any atom is 0.342 e. The molecule has 0 radical (unpaired) electrons. The normalized spacial score (nSPS) is 20.2. The second-order valence-corrected chi connectivity index (χ2v) is 6.77. The van der Waals surface area contributed by atoms with Crippen molar-refractivity contribution in [1.29, 1.82) is 0 Å². The van der Waals surface area contributed by atoms with E-state index in [4.69, 9.17) is 14.2 Å². The number of phenols is 1. The molecule has 6 nitrogen and oxygen atoms in total. The van der Waals surface area contributed by atoms with E-state index < -0.39 is 5.97 Å². The van der Waals surface area contributed by atoms with Gasteiger partial charge in [-0.15, -0.1) is 0 Å². The number of carbonyl (C=O) groups excluding carboxylic acids is 2. The molecule has 6 heteroatoms. The summed E-state index contributed by atoms with van der Waals surface area (Å²) in [7, 11) is 2.95. The molecule has 0 spiro atoms. The van der Waals surface area contributed by atoms with Crippen LogP contribution in [0, 0.1) is 12.8 Å². The van der Waals surface area contributed by atoms with E-state index in [9.17, 15) is 14.7 Å². The zero-order valence-electron chi connectivity index (χ0n) is 15.4. The Morgan fingerprint density at radius 1 is 1.38 bits per heavy atom. The van der Waals surface area contributed by atoms with Crippen molar-refractivity contribution in [1.82, 2.24) is 0 Å². The molecular formula is C20H24O6. The van der Waals surface area contributed by atoms with E-state index in [0.29, 0.717) is 29.7 Å². The number of benzene rings is 1. The zero-order valence-corrected chi connectivity index (χ0v) is 15.4. The van der Waals surface area contributed by atoms with Crippen LogP contribution in [0.3, 0.4) is 0 Å². The van der Waals surface area contributed by atoms with Crippen molar-refractivity contribution in [2.24, 2.45) is 5.92 Å². The van der Waals surface area contributed by atoms with Crippen LogP contribution in [0.5, 0.6) is 11.5 Å². The van der Waals surface area contributed by atoms with Gasteiger partial charge in [-0.3, -0.25) is 4.79 Å². The highest BCUT2D eigenvalue weighted by Crippen LogP contribution is 2.42. The lowest BCUT2D eigenvalue weighted by atomic mass is 9.93. The lowest BCUT2D eigenvalue weighted by Crippen LogP contribution is -2.09. The van der Waals surface area contributed by atoms with Crippen molar-refractivity contribution in [2.45, 2.75) is 45.6 Å². The molecule has 0 bridgehead atoms. The predicted octanol–water partition coefficient (Wildman–Crippen LogP) is 3.21. The molecule has 3 rings (SSSR count). The number of cyclic esters (lactones) is 1. The second-order valence-electron chi connectivity index (χ2n) is 6.77. The second kappa shape index (κ2) is 7.40. The van der Waals surface area contributed by atoms with Crippen molar-refractivity contribution in [3.8, 4) is 11.5 Å². The van der Waals surface area contributed by atoms with Crippen LogP contribution in [0.4, 0.5) is 0 Å². The first-order valence-electron chi connectivity index (χ1n) is 8.82. The summed E-state index contributed by atoms with van der Waals surface area (Å²) < 4.78 is 15.4. The van der Waals surface area contributed by atoms with Crippen LogP contribution < -0.4 is 4.74 Å². The highest BCUT2D eigenvalue weighted by molar-refractivity contribution is 5.98. The number of fused-ring (bicyclic) bond motifs is 1. The van der Waals surface area contributed by atoms with Gasteiger partial charge in [0.05, 0.1) is 20.6 Å². The van der Waals surface area contributed by atoms with Gasteiger partial charge < -0.3 is 19.3 Å². The molecule has 1 aliphatic carbocycles. The highest BCUT2D eigenvalue weighted by Gasteiger charge is 2.32. The fraction of sp³-hybridized carbons (Fsp3) is 0.500. The molecule has 0 unspecified atom stereocenters. The Labute approximate surface area is 152 Å². The molecule has 0 amide bonds. The van der Waals surface area contributed by atoms with E-state index in [1.54, 1.807) is 7.11 Å². The van der Waals surface area contributed by atoms with Crippen LogP contribution in [0.2, 0.25) is 0 Å². The van der Waals surface area contributed by atoms with Gasteiger partial charge in [-0.05, 0) is 44.1 Å². The van der Waals surface area contributed by atoms with Crippen molar-refractivity contribution >= 4 is 11.9 Å². The molecule has 1 aliphatic heterocycles. The molecule has 0 saturated heterocycles. The van der Waals surface area contributed by atoms with Crippen LogP contribution in [0.1, 0.15) is 52.7 Å². The Hall–Kier alpha value is -2.50. The number of hydrogen-bond acceptors (Lipinski definition) is 6. The fourth-order valence-electron chi connectivity index (χ4n) is 3.99. The first-order valence-corrected chi connectivity index (χ1v) is 8.82. The highest BCUT2D eigenvalue weighted by atomic mass is 16.5. The zero-order chi connectivity index (χ0) is 18.8. The molecule has 1 heterocycles. The van der Waals surface area contributed by atoms with Gasteiger partial charge in [-0.1, -0.05) is 11.6 Å². The van der Waals surface area contributed by atoms with E-state index >= 15 is 0 Å². The first kappa shape index (κ1) is 18.3. The Morgan fingerprint density at radius 3 is 2.85 bits per heavy atom. The molecule has 140 valence electrons. The standard InChI is InChI=1S/C20H24O6/c1-11-15-10-26-20(23)17(15)18(22)14(19(11)25-3)8-7-12-5-4-6-13(12)9-16(21)24-2/h7,13,22H,4-6,8-10H2,1-3H3/b12-7+/t13-/m0/s1. The number of phenolic OH excluding ortho intramolecular Hbond substituents is 1. The van der Waals surface area contributed by atoms with Gasteiger partial charge in [-0.2, -0.15) is 0 Å². The number of hydrogen-bond donors (Lipinski definition) is 1. The van der Waals surface area contributed by atoms with Gasteiger partial charge in [0.2, 0.25) is 0 Å². The summed E-state index contributed by atoms with van der Waals surface area (Å²) >= 11 is 0. The first-order chi connectivity index (χ1) is 12.5. The Bertz CT molecular complexity index is 777. The van der Waals surface area contributed by atoms with Crippen molar-refractivity contribution < 1.29 is 28.9 Å². The Morgan fingerprint density at radius 2 is 2.15 bits per heavy atom. The molecule has 1 saturated carbocycles. The van der Waals surface area contributed by atoms with Gasteiger partial charge in [0.15, 0.2) is 0 Å². The third-order valence-electron chi connectivity index (χ3n) is 5.40. The summed E-state index contributed by atoms with van der Waals surface area (Å²) in [4.78, 5) is 23.6. The number of esters is 2. The number of methoxy groups -OCH3 is 2. The van der Waals surface area contributed by atoms with E-state index in [0.717, 1.165) is 24.8 Å². The summed E-state index contributed by atoms with van der Waals surface area (Å²) in [6, 6.07) is 0. The minimum Gasteiger partial charge on any atom is -0.507 e. The third-order valence-corrected chi connectivity index (χ3v) is 5.40. The monoisotopic (exact) mass is 360 g/mol. The van der Waals surface area contributed by atoms with E-state index in [1.165, 1.54) is 12.7 Å². The molecule has 1 aromatic carbocycles. The topological polar surface area (TPSA) is 82.1 Å². The summed E-state index contributed by atoms with van der Waals surface area (Å²) in [5, 5.41) is 10.7. The van der Waals surface area contributed by atoms with Gasteiger partial charge in [0, 0.05) is 11.1 Å². The van der Waals surface area contributed by atoms with Crippen molar-refractivity contribution in [3.05, 3.63) is 33.9 Å². The van der Waals surface area contributed by atoms with Gasteiger partial charge in [0.1, 0.15) is 23.7 Å². The molecular weight excluding hydrogens is 336 g/mol. The summed E-state index contributed by atoms with van der Waals surface area (Å²) in [6.45, 7) is 2.03. The van der Waals surface area contributed by atoms with E-state index in [-0.39, 0.29) is 29.8 Å². The SMILES string of the molecule is COC(=O)C[C@@H]1CCC/C1=C\Cc1c(O)c2c(c(C)c1OC)COC2=O. The molecule has 1 fully saturated rings. The molecule has 2 aliphatic rings. The van der Waals surface area contributed by atoms with Crippen molar-refractivity contribution in [3.63, 3.8) is 0 Å². The molecule has 1 aromatic rings. The molecule has 0 aromatic heterocycles. The lowest BCUT2D eigenvalue weighted by molar-refractivity contribution is -0.141. The average molecular weight is 360 g/mol. The summed E-state index contributed by atoms with van der Waals surface area (Å²) in [5.41, 5.74) is 3.52. The molecule has 1 N–H and O–H groups in total. The van der Waals surface area contributed by atoms with E-state index in [1.807, 2.05) is 13.0 Å². The molecule has 26 heavy (non-hydrogen) atoms. The largest absolute Gasteiger partial charge is 0.507 e. The maximum atomic E-state index is 12.0. The van der Waals surface area contributed by atoms with Gasteiger partial charge in [0.25, 0.3) is 0 Å². The van der Waals surface area contributed by atoms with Crippen LogP contribution in [0.15, 0.2) is 11.6 Å². The maximum absolute atomic E-state index is 12.0. The summed E-state index contributed by atoms with van der Waals surface area (Å²) in [5.74, 6) is -0.0137. The minimum atomic E-state index is -0.499. The number of aromatic hydroxyl groups is 1. The van der Waals surface area contributed by atoms with Crippen LogP contribution in [0.25, 0.3) is 0 Å². The average Bonchev–Trinajstić information content (AvgIpc) is 3.23. The van der Waals surface area contributed by atoms with Crippen LogP contribution >= 0.6 is 0 Å². The third kappa shape index (κ3) is 3.16. The number of rotatable bonds is 5. The Balaban J connectivity index is 1.93. The van der Waals surface area contributed by atoms with Crippen LogP contribution in [-0.2, 0) is 27.3 Å².